The lowest BCUT2D eigenvalue weighted by Gasteiger charge is -2.16. The van der Waals surface area contributed by atoms with Crippen LogP contribution in [-0.4, -0.2) is 9.97 Å². The number of rotatable bonds is 6. The molecular formula is C80H48N4. The molecule has 388 valence electrons. The average molecular weight is 1070 g/mol. The molecule has 0 amide bonds. The minimum atomic E-state index is 0.647. The van der Waals surface area contributed by atoms with Gasteiger partial charge in [-0.15, -0.1) is 0 Å². The topological polar surface area (TPSA) is 73.4 Å². The van der Waals surface area contributed by atoms with Gasteiger partial charge >= 0.3 is 0 Å². The van der Waals surface area contributed by atoms with E-state index in [0.717, 1.165) is 93.9 Å². The van der Waals surface area contributed by atoms with Gasteiger partial charge in [0.15, 0.2) is 0 Å². The fourth-order valence-electron chi connectivity index (χ4n) is 12.3. The summed E-state index contributed by atoms with van der Waals surface area (Å²) in [5.74, 6) is 0. The third-order valence-electron chi connectivity index (χ3n) is 16.5. The molecule has 0 saturated heterocycles. The highest BCUT2D eigenvalue weighted by Crippen LogP contribution is 2.44. The van der Waals surface area contributed by atoms with E-state index < -0.39 is 0 Å². The second-order valence-electron chi connectivity index (χ2n) is 21.4. The molecule has 16 aromatic rings. The molecule has 0 aliphatic rings. The Morgan fingerprint density at radius 3 is 1.02 bits per heavy atom. The van der Waals surface area contributed by atoms with Gasteiger partial charge in [0.1, 0.15) is 0 Å². The van der Waals surface area contributed by atoms with E-state index in [1.165, 1.54) is 59.6 Å². The number of hydrogen-bond acceptors (Lipinski definition) is 4. The van der Waals surface area contributed by atoms with Gasteiger partial charge in [0.2, 0.25) is 0 Å². The smallest absolute Gasteiger partial charge is 0.0998 e. The second-order valence-corrected chi connectivity index (χ2v) is 21.4. The summed E-state index contributed by atoms with van der Waals surface area (Å²) in [5, 5.41) is 35.8. The molecule has 0 bridgehead atoms. The highest BCUT2D eigenvalue weighted by molar-refractivity contribution is 6.18. The predicted molar refractivity (Wildman–Crippen MR) is 351 cm³/mol. The van der Waals surface area contributed by atoms with E-state index in [1.807, 2.05) is 48.5 Å². The molecule has 4 heteroatoms. The maximum Gasteiger partial charge on any atom is 0.0998 e. The molecule has 2 heterocycles. The monoisotopic (exact) mass is 1060 g/mol. The lowest BCUT2D eigenvalue weighted by Crippen LogP contribution is -1.94. The van der Waals surface area contributed by atoms with Gasteiger partial charge in [0.25, 0.3) is 0 Å². The molecular weight excluding hydrogens is 1020 g/mol. The fourth-order valence-corrected chi connectivity index (χ4v) is 12.3. The summed E-state index contributed by atoms with van der Waals surface area (Å²) in [4.78, 5) is 10.7. The van der Waals surface area contributed by atoms with Gasteiger partial charge in [-0.05, 0) is 160 Å². The van der Waals surface area contributed by atoms with E-state index in [-0.39, 0.29) is 0 Å². The highest BCUT2D eigenvalue weighted by atomic mass is 14.7. The number of hydrogen-bond donors (Lipinski definition) is 0. The summed E-state index contributed by atoms with van der Waals surface area (Å²) < 4.78 is 0. The van der Waals surface area contributed by atoms with Crippen LogP contribution in [0.4, 0.5) is 0 Å². The van der Waals surface area contributed by atoms with Crippen LogP contribution in [0.25, 0.3) is 153 Å². The summed E-state index contributed by atoms with van der Waals surface area (Å²) in [6.07, 6.45) is 0. The van der Waals surface area contributed by atoms with Crippen LogP contribution < -0.4 is 0 Å². The van der Waals surface area contributed by atoms with E-state index in [4.69, 9.17) is 9.97 Å². The Balaban J connectivity index is 0.000000143. The van der Waals surface area contributed by atoms with Gasteiger partial charge in [-0.1, -0.05) is 224 Å². The lowest BCUT2D eigenvalue weighted by molar-refractivity contribution is 1.41. The summed E-state index contributed by atoms with van der Waals surface area (Å²) in [6.45, 7) is 0. The zero-order valence-electron chi connectivity index (χ0n) is 45.5. The van der Waals surface area contributed by atoms with Crippen molar-refractivity contribution in [2.24, 2.45) is 0 Å². The van der Waals surface area contributed by atoms with Crippen molar-refractivity contribution in [1.29, 1.82) is 10.5 Å². The molecule has 0 atom stereocenters. The number of benzene rings is 14. The molecule has 84 heavy (non-hydrogen) atoms. The molecule has 14 aromatic carbocycles. The van der Waals surface area contributed by atoms with Crippen molar-refractivity contribution in [2.45, 2.75) is 0 Å². The van der Waals surface area contributed by atoms with Crippen LogP contribution in [0, 0.1) is 22.7 Å². The van der Waals surface area contributed by atoms with Crippen molar-refractivity contribution in [2.75, 3.05) is 0 Å². The number of aromatic nitrogens is 2. The third kappa shape index (κ3) is 8.89. The Hall–Kier alpha value is -11.6. The highest BCUT2D eigenvalue weighted by Gasteiger charge is 2.20. The van der Waals surface area contributed by atoms with Gasteiger partial charge in [-0.25, -0.2) is 9.97 Å². The first-order valence-electron chi connectivity index (χ1n) is 28.2. The van der Waals surface area contributed by atoms with Crippen molar-refractivity contribution in [3.8, 4) is 79.2 Å². The minimum Gasteiger partial charge on any atom is -0.247 e. The van der Waals surface area contributed by atoms with Crippen LogP contribution in [0.3, 0.4) is 0 Å². The van der Waals surface area contributed by atoms with Crippen molar-refractivity contribution in [1.82, 2.24) is 9.97 Å². The van der Waals surface area contributed by atoms with Crippen LogP contribution in [-0.2, 0) is 0 Å². The molecule has 2 aromatic heterocycles. The van der Waals surface area contributed by atoms with Crippen LogP contribution in [0.15, 0.2) is 291 Å². The first-order chi connectivity index (χ1) is 41.5. The van der Waals surface area contributed by atoms with Crippen LogP contribution in [0.1, 0.15) is 11.1 Å². The normalized spacial score (nSPS) is 11.3. The lowest BCUT2D eigenvalue weighted by atomic mass is 9.89. The molecule has 0 aliphatic carbocycles. The van der Waals surface area contributed by atoms with E-state index in [9.17, 15) is 10.5 Å². The summed E-state index contributed by atoms with van der Waals surface area (Å²) in [6, 6.07) is 107. The molecule has 0 unspecified atom stereocenters. The number of fused-ring (bicyclic) bond motifs is 10. The summed E-state index contributed by atoms with van der Waals surface area (Å²) in [7, 11) is 0. The van der Waals surface area contributed by atoms with Crippen LogP contribution >= 0.6 is 0 Å². The minimum absolute atomic E-state index is 0.647. The molecule has 0 N–H and O–H groups in total. The SMILES string of the molecule is N#Cc1ccc(-c2cc(-c3ccc4ccccc4c3)nc3c2cc(-c2ccc4ccccc4c2)c2ccccc23)cc1.N#Cc1ccccc1-c1cc(-c2ccc3ccccc3c2)nc2c1cc(-c1ccc3ccccc3c1)c1ccccc12. The van der Waals surface area contributed by atoms with E-state index in [0.29, 0.717) is 11.1 Å². The maximum absolute atomic E-state index is 10.1. The Bertz CT molecular complexity index is 5410. The molecule has 0 spiro atoms. The largest absolute Gasteiger partial charge is 0.247 e. The maximum atomic E-state index is 10.1. The van der Waals surface area contributed by atoms with Gasteiger partial charge in [0, 0.05) is 38.2 Å². The Morgan fingerprint density at radius 1 is 0.226 bits per heavy atom. The van der Waals surface area contributed by atoms with E-state index in [1.54, 1.807) is 0 Å². The molecule has 0 fully saturated rings. The van der Waals surface area contributed by atoms with Crippen molar-refractivity contribution < 1.29 is 0 Å². The molecule has 4 nitrogen and oxygen atoms in total. The molecule has 0 saturated carbocycles. The third-order valence-corrected chi connectivity index (χ3v) is 16.5. The zero-order valence-corrected chi connectivity index (χ0v) is 45.5. The Labute approximate surface area is 485 Å². The first kappa shape index (κ1) is 49.5. The van der Waals surface area contributed by atoms with Gasteiger partial charge < -0.3 is 0 Å². The predicted octanol–water partition coefficient (Wildman–Crippen LogP) is 21.1. The van der Waals surface area contributed by atoms with Crippen LogP contribution in [0.5, 0.6) is 0 Å². The van der Waals surface area contributed by atoms with Crippen molar-refractivity contribution in [3.63, 3.8) is 0 Å². The fraction of sp³-hybridized carbons (Fsp3) is 0. The number of pyridine rings is 2. The quantitative estimate of drug-likeness (QED) is 0.156. The summed E-state index contributed by atoms with van der Waals surface area (Å²) in [5.41, 5.74) is 15.9. The first-order valence-corrected chi connectivity index (χ1v) is 28.2. The van der Waals surface area contributed by atoms with E-state index >= 15 is 0 Å². The number of nitrogens with zero attached hydrogens (tertiary/aromatic N) is 4. The zero-order chi connectivity index (χ0) is 56.1. The van der Waals surface area contributed by atoms with Crippen LogP contribution in [0.2, 0.25) is 0 Å². The van der Waals surface area contributed by atoms with Gasteiger partial charge in [0.05, 0.1) is 45.7 Å². The Morgan fingerprint density at radius 2 is 0.571 bits per heavy atom. The van der Waals surface area contributed by atoms with E-state index in [2.05, 4.69) is 255 Å². The second kappa shape index (κ2) is 20.8. The van der Waals surface area contributed by atoms with Crippen molar-refractivity contribution >= 4 is 86.4 Å². The standard InChI is InChI=1S/2C40H24N2/c41-25-32-13-5-6-14-33(32)37-24-39(31-20-18-27-10-2-4-12-29(27)22-31)42-40-35-16-8-7-15-34(35)36(23-38(37)40)30-19-17-26-9-1-3-11-28(26)21-30;41-25-26-13-15-29(16-14-26)37-24-39(33-20-18-28-8-2-4-10-31(28)22-33)42-40-35-12-6-5-11-34(35)36(23-38(37)40)32-19-17-27-7-1-3-9-30(27)21-32/h2*1-24H. The molecule has 16 rings (SSSR count). The summed E-state index contributed by atoms with van der Waals surface area (Å²) >= 11 is 0. The Kier molecular flexibility index (Phi) is 12.3. The van der Waals surface area contributed by atoms with Gasteiger partial charge in [-0.2, -0.15) is 10.5 Å². The average Bonchev–Trinajstić information content (AvgIpc) is 1.66. The van der Waals surface area contributed by atoms with Crippen molar-refractivity contribution in [3.05, 3.63) is 302 Å². The molecule has 0 radical (unpaired) electrons. The van der Waals surface area contributed by atoms with Gasteiger partial charge in [-0.3, -0.25) is 0 Å². The number of nitriles is 2. The molecule has 0 aliphatic heterocycles.